The molecule has 1 aliphatic rings. The summed E-state index contributed by atoms with van der Waals surface area (Å²) in [4.78, 5) is 0. The molecule has 0 spiro atoms. The zero-order valence-corrected chi connectivity index (χ0v) is 12.0. The lowest BCUT2D eigenvalue weighted by Crippen LogP contribution is -2.33. The van der Waals surface area contributed by atoms with E-state index in [2.05, 4.69) is 13.0 Å². The molecule has 1 fully saturated rings. The topological polar surface area (TPSA) is 44.0 Å². The van der Waals surface area contributed by atoms with Crippen molar-refractivity contribution in [1.82, 2.24) is 0 Å². The number of rotatable bonds is 3. The summed E-state index contributed by atoms with van der Waals surface area (Å²) in [6.07, 6.45) is 4.07. The van der Waals surface area contributed by atoms with Crippen molar-refractivity contribution in [2.75, 3.05) is 0 Å². The van der Waals surface area contributed by atoms with Gasteiger partial charge in [-0.25, -0.2) is 0 Å². The fourth-order valence-corrected chi connectivity index (χ4v) is 3.38. The Morgan fingerprint density at radius 3 is 3.00 bits per heavy atom. The van der Waals surface area contributed by atoms with Crippen molar-refractivity contribution in [1.29, 1.82) is 5.26 Å². The molecule has 1 saturated carbocycles. The molecular formula is C16H20ClNO. The molecule has 1 aliphatic carbocycles. The van der Waals surface area contributed by atoms with Crippen LogP contribution in [0.15, 0.2) is 24.3 Å². The molecule has 102 valence electrons. The summed E-state index contributed by atoms with van der Waals surface area (Å²) in [7, 11) is 0. The Morgan fingerprint density at radius 1 is 1.58 bits per heavy atom. The van der Waals surface area contributed by atoms with Crippen LogP contribution in [0, 0.1) is 22.7 Å². The van der Waals surface area contributed by atoms with Gasteiger partial charge in [-0.2, -0.15) is 5.26 Å². The predicted molar refractivity (Wildman–Crippen MR) is 76.7 cm³/mol. The summed E-state index contributed by atoms with van der Waals surface area (Å²) in [5.74, 6) is 0.544. The van der Waals surface area contributed by atoms with E-state index in [0.29, 0.717) is 10.9 Å². The number of hydrogen-bond donors (Lipinski definition) is 1. The van der Waals surface area contributed by atoms with Crippen LogP contribution in [0.5, 0.6) is 0 Å². The Hall–Kier alpha value is -1.04. The van der Waals surface area contributed by atoms with Crippen molar-refractivity contribution < 1.29 is 5.11 Å². The Kier molecular flexibility index (Phi) is 4.50. The average molecular weight is 278 g/mol. The Bertz CT molecular complexity index is 482. The van der Waals surface area contributed by atoms with E-state index in [9.17, 15) is 10.4 Å². The third kappa shape index (κ3) is 2.94. The number of aliphatic hydroxyl groups excluding tert-OH is 1. The number of nitriles is 1. The first kappa shape index (κ1) is 14.4. The molecule has 0 amide bonds. The van der Waals surface area contributed by atoms with Crippen molar-refractivity contribution >= 4 is 11.6 Å². The maximum Gasteiger partial charge on any atom is 0.0976 e. The number of aliphatic hydroxyl groups is 1. The summed E-state index contributed by atoms with van der Waals surface area (Å²) in [5.41, 5.74) is 0.106. The van der Waals surface area contributed by atoms with Crippen LogP contribution in [0.2, 0.25) is 5.02 Å². The first-order valence-electron chi connectivity index (χ1n) is 6.96. The van der Waals surface area contributed by atoms with Crippen molar-refractivity contribution in [2.24, 2.45) is 11.3 Å². The molecule has 1 N–H and O–H groups in total. The van der Waals surface area contributed by atoms with Crippen LogP contribution < -0.4 is 0 Å². The lowest BCUT2D eigenvalue weighted by atomic mass is 9.65. The Morgan fingerprint density at radius 2 is 2.37 bits per heavy atom. The summed E-state index contributed by atoms with van der Waals surface area (Å²) in [6, 6.07) is 9.63. The summed E-state index contributed by atoms with van der Waals surface area (Å²) in [5, 5.41) is 20.9. The van der Waals surface area contributed by atoms with Gasteiger partial charge in [0.05, 0.1) is 17.6 Å². The molecule has 2 nitrogen and oxygen atoms in total. The van der Waals surface area contributed by atoms with Crippen molar-refractivity contribution in [3.8, 4) is 6.07 Å². The lowest BCUT2D eigenvalue weighted by molar-refractivity contribution is 0.0185. The van der Waals surface area contributed by atoms with Gasteiger partial charge in [-0.1, -0.05) is 49.9 Å². The van der Waals surface area contributed by atoms with Gasteiger partial charge in [-0.05, 0) is 36.5 Å². The molecule has 3 atom stereocenters. The highest BCUT2D eigenvalue weighted by molar-refractivity contribution is 6.30. The van der Waals surface area contributed by atoms with Gasteiger partial charge in [0.1, 0.15) is 0 Å². The number of hydrogen-bond acceptors (Lipinski definition) is 2. The predicted octanol–water partition coefficient (Wildman–Crippen LogP) is 4.48. The van der Waals surface area contributed by atoms with Crippen LogP contribution >= 0.6 is 11.6 Å². The van der Waals surface area contributed by atoms with Crippen molar-refractivity contribution in [2.45, 2.75) is 45.1 Å². The minimum Gasteiger partial charge on any atom is -0.387 e. The molecule has 2 rings (SSSR count). The SMILES string of the molecule is CCC1CCCC(C#N)(C(O)c2cccc(Cl)c2)C1. The average Bonchev–Trinajstić information content (AvgIpc) is 2.46. The van der Waals surface area contributed by atoms with Crippen LogP contribution in [0.4, 0.5) is 0 Å². The minimum atomic E-state index is -0.745. The number of nitrogens with zero attached hydrogens (tertiary/aromatic N) is 1. The van der Waals surface area contributed by atoms with Gasteiger partial charge < -0.3 is 5.11 Å². The smallest absolute Gasteiger partial charge is 0.0976 e. The van der Waals surface area contributed by atoms with Gasteiger partial charge in [0.15, 0.2) is 0 Å². The standard InChI is InChI=1S/C16H20ClNO/c1-2-12-5-4-8-16(10-12,11-18)15(19)13-6-3-7-14(17)9-13/h3,6-7,9,12,15,19H,2,4-5,8,10H2,1H3. The molecule has 0 saturated heterocycles. The van der Waals surface area contributed by atoms with Crippen LogP contribution in [0.25, 0.3) is 0 Å². The maximum absolute atomic E-state index is 10.7. The third-order valence-electron chi connectivity index (χ3n) is 4.38. The fraction of sp³-hybridized carbons (Fsp3) is 0.562. The quantitative estimate of drug-likeness (QED) is 0.885. The molecule has 0 heterocycles. The normalized spacial score (nSPS) is 28.6. The molecule has 0 radical (unpaired) electrons. The van der Waals surface area contributed by atoms with Crippen LogP contribution in [0.3, 0.4) is 0 Å². The second kappa shape index (κ2) is 5.94. The molecular weight excluding hydrogens is 258 g/mol. The van der Waals surface area contributed by atoms with E-state index in [0.717, 1.165) is 31.2 Å². The van der Waals surface area contributed by atoms with Gasteiger partial charge in [-0.15, -0.1) is 0 Å². The third-order valence-corrected chi connectivity index (χ3v) is 4.61. The van der Waals surface area contributed by atoms with Gasteiger partial charge >= 0.3 is 0 Å². The summed E-state index contributed by atoms with van der Waals surface area (Å²) >= 11 is 5.98. The van der Waals surface area contributed by atoms with E-state index in [4.69, 9.17) is 11.6 Å². The fourth-order valence-electron chi connectivity index (χ4n) is 3.18. The van der Waals surface area contributed by atoms with E-state index in [1.54, 1.807) is 12.1 Å². The lowest BCUT2D eigenvalue weighted by Gasteiger charge is -2.39. The zero-order chi connectivity index (χ0) is 13.9. The second-order valence-electron chi connectivity index (χ2n) is 5.60. The molecule has 3 heteroatoms. The number of benzene rings is 1. The molecule has 0 aromatic heterocycles. The minimum absolute atomic E-state index is 0.544. The molecule has 3 unspecified atom stereocenters. The molecule has 0 bridgehead atoms. The van der Waals surface area contributed by atoms with Crippen LogP contribution in [0.1, 0.15) is 50.7 Å². The van der Waals surface area contributed by atoms with Crippen molar-refractivity contribution in [3.05, 3.63) is 34.9 Å². The largest absolute Gasteiger partial charge is 0.387 e. The van der Waals surface area contributed by atoms with E-state index in [-0.39, 0.29) is 0 Å². The zero-order valence-electron chi connectivity index (χ0n) is 11.3. The van der Waals surface area contributed by atoms with Crippen molar-refractivity contribution in [3.63, 3.8) is 0 Å². The van der Waals surface area contributed by atoms with Crippen LogP contribution in [-0.2, 0) is 0 Å². The molecule has 19 heavy (non-hydrogen) atoms. The van der Waals surface area contributed by atoms with Gasteiger partial charge in [0.2, 0.25) is 0 Å². The highest BCUT2D eigenvalue weighted by Gasteiger charge is 2.42. The van der Waals surface area contributed by atoms with Crippen LogP contribution in [-0.4, -0.2) is 5.11 Å². The van der Waals surface area contributed by atoms with E-state index in [1.165, 1.54) is 6.42 Å². The van der Waals surface area contributed by atoms with Gasteiger partial charge in [0.25, 0.3) is 0 Å². The second-order valence-corrected chi connectivity index (χ2v) is 6.03. The highest BCUT2D eigenvalue weighted by Crippen LogP contribution is 2.48. The number of halogens is 1. The van der Waals surface area contributed by atoms with E-state index < -0.39 is 11.5 Å². The summed E-state index contributed by atoms with van der Waals surface area (Å²) < 4.78 is 0. The molecule has 1 aromatic carbocycles. The molecule has 0 aliphatic heterocycles. The highest BCUT2D eigenvalue weighted by atomic mass is 35.5. The van der Waals surface area contributed by atoms with E-state index >= 15 is 0 Å². The van der Waals surface area contributed by atoms with Gasteiger partial charge in [0, 0.05) is 5.02 Å². The molecule has 1 aromatic rings. The monoisotopic (exact) mass is 277 g/mol. The Labute approximate surface area is 120 Å². The Balaban J connectivity index is 2.28. The first-order chi connectivity index (χ1) is 9.11. The first-order valence-corrected chi connectivity index (χ1v) is 7.34. The van der Waals surface area contributed by atoms with E-state index in [1.807, 2.05) is 12.1 Å². The van der Waals surface area contributed by atoms with Gasteiger partial charge in [-0.3, -0.25) is 0 Å². The summed E-state index contributed by atoms with van der Waals surface area (Å²) in [6.45, 7) is 2.16. The maximum atomic E-state index is 10.7.